The number of ether oxygens (including phenoxy) is 2. The monoisotopic (exact) mass is 264 g/mol. The Morgan fingerprint density at radius 1 is 1.16 bits per heavy atom. The van der Waals surface area contributed by atoms with Crippen molar-refractivity contribution >= 4 is 17.6 Å². The molecule has 1 aromatic rings. The fourth-order valence-electron chi connectivity index (χ4n) is 2.13. The minimum atomic E-state index is -0.645. The molecule has 6 nitrogen and oxygen atoms in total. The standard InChI is InChI=1S/C13H16N2O4/c1-18-12(16)10-7-9(15-5-3-4-6-15)8-14-11(10)13(17)19-2/h7-8H,3-6H2,1-2H3. The van der Waals surface area contributed by atoms with Crippen molar-refractivity contribution in [1.82, 2.24) is 4.98 Å². The molecule has 1 aromatic heterocycles. The zero-order chi connectivity index (χ0) is 13.8. The molecule has 1 aliphatic heterocycles. The Kier molecular flexibility index (Phi) is 3.99. The Bertz CT molecular complexity index is 495. The molecule has 2 heterocycles. The van der Waals surface area contributed by atoms with Crippen molar-refractivity contribution in [1.29, 1.82) is 0 Å². The number of carbonyl (C=O) groups is 2. The first-order valence-electron chi connectivity index (χ1n) is 6.09. The average Bonchev–Trinajstić information content (AvgIpc) is 2.99. The zero-order valence-corrected chi connectivity index (χ0v) is 11.0. The van der Waals surface area contributed by atoms with Crippen molar-refractivity contribution in [2.24, 2.45) is 0 Å². The van der Waals surface area contributed by atoms with Crippen LogP contribution in [0, 0.1) is 0 Å². The maximum atomic E-state index is 11.7. The number of pyridine rings is 1. The molecule has 0 saturated carbocycles. The van der Waals surface area contributed by atoms with Crippen molar-refractivity contribution in [3.05, 3.63) is 23.5 Å². The topological polar surface area (TPSA) is 68.7 Å². The summed E-state index contributed by atoms with van der Waals surface area (Å²) in [4.78, 5) is 29.5. The van der Waals surface area contributed by atoms with E-state index in [9.17, 15) is 9.59 Å². The van der Waals surface area contributed by atoms with Gasteiger partial charge in [-0.2, -0.15) is 0 Å². The highest BCUT2D eigenvalue weighted by Crippen LogP contribution is 2.22. The maximum Gasteiger partial charge on any atom is 0.357 e. The number of rotatable bonds is 3. The lowest BCUT2D eigenvalue weighted by Gasteiger charge is -2.18. The largest absolute Gasteiger partial charge is 0.465 e. The number of nitrogens with zero attached hydrogens (tertiary/aromatic N) is 2. The predicted octanol–water partition coefficient (Wildman–Crippen LogP) is 1.25. The van der Waals surface area contributed by atoms with E-state index >= 15 is 0 Å². The molecule has 102 valence electrons. The van der Waals surface area contributed by atoms with E-state index in [0.29, 0.717) is 0 Å². The molecule has 6 heteroatoms. The van der Waals surface area contributed by atoms with Gasteiger partial charge in [0.1, 0.15) is 0 Å². The van der Waals surface area contributed by atoms with Gasteiger partial charge in [0.15, 0.2) is 5.69 Å². The van der Waals surface area contributed by atoms with Crippen LogP contribution in [0.5, 0.6) is 0 Å². The molecular weight excluding hydrogens is 248 g/mol. The average molecular weight is 264 g/mol. The van der Waals surface area contributed by atoms with Crippen LogP contribution in [0.15, 0.2) is 12.3 Å². The number of hydrogen-bond donors (Lipinski definition) is 0. The highest BCUT2D eigenvalue weighted by atomic mass is 16.5. The van der Waals surface area contributed by atoms with Crippen LogP contribution in [0.3, 0.4) is 0 Å². The lowest BCUT2D eigenvalue weighted by molar-refractivity contribution is 0.0550. The number of methoxy groups -OCH3 is 2. The molecule has 0 bridgehead atoms. The summed E-state index contributed by atoms with van der Waals surface area (Å²) in [5.41, 5.74) is 0.946. The molecule has 0 atom stereocenters. The van der Waals surface area contributed by atoms with Crippen LogP contribution < -0.4 is 4.90 Å². The van der Waals surface area contributed by atoms with Crippen LogP contribution in [-0.2, 0) is 9.47 Å². The Balaban J connectivity index is 2.40. The summed E-state index contributed by atoms with van der Waals surface area (Å²) in [6.45, 7) is 1.86. The number of carbonyl (C=O) groups excluding carboxylic acids is 2. The molecule has 1 saturated heterocycles. The number of esters is 2. The molecule has 2 rings (SSSR count). The molecule has 19 heavy (non-hydrogen) atoms. The van der Waals surface area contributed by atoms with E-state index in [1.807, 2.05) is 0 Å². The SMILES string of the molecule is COC(=O)c1cc(N2CCCC2)cnc1C(=O)OC. The Morgan fingerprint density at radius 2 is 1.79 bits per heavy atom. The van der Waals surface area contributed by atoms with Crippen LogP contribution in [0.1, 0.15) is 33.7 Å². The van der Waals surface area contributed by atoms with Crippen molar-refractivity contribution in [3.63, 3.8) is 0 Å². The van der Waals surface area contributed by atoms with E-state index in [4.69, 9.17) is 0 Å². The fraction of sp³-hybridized carbons (Fsp3) is 0.462. The van der Waals surface area contributed by atoms with Crippen LogP contribution in [0.2, 0.25) is 0 Å². The summed E-state index contributed by atoms with van der Waals surface area (Å²) in [6, 6.07) is 1.64. The van der Waals surface area contributed by atoms with Gasteiger partial charge in [-0.05, 0) is 18.9 Å². The van der Waals surface area contributed by atoms with Crippen LogP contribution in [0.25, 0.3) is 0 Å². The van der Waals surface area contributed by atoms with Crippen molar-refractivity contribution < 1.29 is 19.1 Å². The van der Waals surface area contributed by atoms with E-state index in [1.54, 1.807) is 12.3 Å². The van der Waals surface area contributed by atoms with E-state index in [2.05, 4.69) is 19.4 Å². The first-order chi connectivity index (χ1) is 9.17. The molecule has 1 aliphatic rings. The molecule has 0 amide bonds. The second-order valence-electron chi connectivity index (χ2n) is 4.27. The van der Waals surface area contributed by atoms with Gasteiger partial charge in [0, 0.05) is 13.1 Å². The normalized spacial score (nSPS) is 14.3. The summed E-state index contributed by atoms with van der Waals surface area (Å²) < 4.78 is 9.30. The number of hydrogen-bond acceptors (Lipinski definition) is 6. The van der Waals surface area contributed by atoms with Gasteiger partial charge in [-0.1, -0.05) is 0 Å². The molecule has 0 radical (unpaired) electrons. The van der Waals surface area contributed by atoms with Gasteiger partial charge >= 0.3 is 11.9 Å². The maximum absolute atomic E-state index is 11.7. The van der Waals surface area contributed by atoms with Gasteiger partial charge in [0.2, 0.25) is 0 Å². The lowest BCUT2D eigenvalue weighted by Crippen LogP contribution is -2.20. The molecular formula is C13H16N2O4. The minimum absolute atomic E-state index is 0.0164. The quantitative estimate of drug-likeness (QED) is 0.765. The summed E-state index contributed by atoms with van der Waals surface area (Å²) in [5, 5.41) is 0. The van der Waals surface area contributed by atoms with Gasteiger partial charge < -0.3 is 14.4 Å². The fourth-order valence-corrected chi connectivity index (χ4v) is 2.13. The summed E-state index contributed by atoms with van der Waals surface area (Å²) in [5.74, 6) is -1.23. The van der Waals surface area contributed by atoms with Crippen LogP contribution in [-0.4, -0.2) is 44.2 Å². The Labute approximate surface area is 111 Å². The van der Waals surface area contributed by atoms with Crippen LogP contribution >= 0.6 is 0 Å². The van der Waals surface area contributed by atoms with E-state index in [-0.39, 0.29) is 11.3 Å². The third-order valence-corrected chi connectivity index (χ3v) is 3.13. The molecule has 0 unspecified atom stereocenters. The molecule has 0 aromatic carbocycles. The second-order valence-corrected chi connectivity index (χ2v) is 4.27. The summed E-state index contributed by atoms with van der Waals surface area (Å²) in [7, 11) is 2.52. The van der Waals surface area contributed by atoms with Gasteiger partial charge in [0.25, 0.3) is 0 Å². The minimum Gasteiger partial charge on any atom is -0.465 e. The van der Waals surface area contributed by atoms with Gasteiger partial charge in [-0.15, -0.1) is 0 Å². The number of aromatic nitrogens is 1. The highest BCUT2D eigenvalue weighted by molar-refractivity contribution is 6.02. The first kappa shape index (κ1) is 13.3. The van der Waals surface area contributed by atoms with Crippen molar-refractivity contribution in [2.45, 2.75) is 12.8 Å². The summed E-state index contributed by atoms with van der Waals surface area (Å²) >= 11 is 0. The van der Waals surface area contributed by atoms with Crippen LogP contribution in [0.4, 0.5) is 5.69 Å². The van der Waals surface area contributed by atoms with E-state index in [1.165, 1.54) is 14.2 Å². The third kappa shape index (κ3) is 2.67. The zero-order valence-electron chi connectivity index (χ0n) is 11.0. The van der Waals surface area contributed by atoms with E-state index < -0.39 is 11.9 Å². The van der Waals surface area contributed by atoms with Gasteiger partial charge in [-0.3, -0.25) is 0 Å². The second kappa shape index (κ2) is 5.69. The smallest absolute Gasteiger partial charge is 0.357 e. The van der Waals surface area contributed by atoms with Crippen molar-refractivity contribution in [3.8, 4) is 0 Å². The van der Waals surface area contributed by atoms with Gasteiger partial charge in [-0.25, -0.2) is 14.6 Å². The first-order valence-corrected chi connectivity index (χ1v) is 6.09. The molecule has 0 spiro atoms. The molecule has 0 N–H and O–H groups in total. The Morgan fingerprint density at radius 3 is 2.37 bits per heavy atom. The van der Waals surface area contributed by atoms with Crippen molar-refractivity contribution in [2.75, 3.05) is 32.2 Å². The van der Waals surface area contributed by atoms with Gasteiger partial charge in [0.05, 0.1) is 31.7 Å². The Hall–Kier alpha value is -2.11. The molecule has 1 fully saturated rings. The lowest BCUT2D eigenvalue weighted by atomic mass is 10.1. The summed E-state index contributed by atoms with van der Waals surface area (Å²) in [6.07, 6.45) is 3.82. The molecule has 0 aliphatic carbocycles. The third-order valence-electron chi connectivity index (χ3n) is 3.13. The number of anilines is 1. The van der Waals surface area contributed by atoms with E-state index in [0.717, 1.165) is 31.6 Å². The highest BCUT2D eigenvalue weighted by Gasteiger charge is 2.22. The predicted molar refractivity (Wildman–Crippen MR) is 68.4 cm³/mol.